The van der Waals surface area contributed by atoms with Crippen LogP contribution in [-0.2, 0) is 0 Å². The van der Waals surface area contributed by atoms with Gasteiger partial charge in [-0.05, 0) is 13.1 Å². The molecule has 0 spiro atoms. The van der Waals surface area contributed by atoms with Gasteiger partial charge in [0.15, 0.2) is 0 Å². The van der Waals surface area contributed by atoms with Gasteiger partial charge in [0.05, 0.1) is 14.8 Å². The summed E-state index contributed by atoms with van der Waals surface area (Å²) in [4.78, 5) is 28.0. The summed E-state index contributed by atoms with van der Waals surface area (Å²) in [5.41, 5.74) is 1.61. The van der Waals surface area contributed by atoms with Gasteiger partial charge in [-0.25, -0.2) is 0 Å². The summed E-state index contributed by atoms with van der Waals surface area (Å²) in [6.07, 6.45) is 0. The predicted octanol–water partition coefficient (Wildman–Crippen LogP) is 0.986. The van der Waals surface area contributed by atoms with Crippen LogP contribution >= 0.6 is 0 Å². The molecule has 0 atom stereocenters. The Morgan fingerprint density at radius 3 is 1.47 bits per heavy atom. The molecule has 0 unspecified atom stereocenters. The number of rotatable bonds is 3. The third-order valence-corrected chi connectivity index (χ3v) is 1.57. The molecule has 10 heteroatoms. The highest BCUT2D eigenvalue weighted by molar-refractivity contribution is 5.65. The van der Waals surface area contributed by atoms with Crippen LogP contribution in [0.4, 0.5) is 17.1 Å². The molecule has 0 aromatic heterocycles. The minimum atomic E-state index is -1.14. The van der Waals surface area contributed by atoms with Crippen LogP contribution in [0.25, 0.3) is 0 Å². The van der Waals surface area contributed by atoms with Crippen LogP contribution in [0.1, 0.15) is 0 Å². The number of nitro benzene ring substituents is 3. The van der Waals surface area contributed by atoms with Gasteiger partial charge in [-0.2, -0.15) is 0 Å². The largest absolute Gasteiger partial charge is 0.422 e. The van der Waals surface area contributed by atoms with Gasteiger partial charge >= 0.3 is 17.1 Å². The second kappa shape index (κ2) is 6.07. The normalized spacial score (nSPS) is 8.82. The Morgan fingerprint density at radius 1 is 0.882 bits per heavy atom. The summed E-state index contributed by atoms with van der Waals surface area (Å²) in [6, 6.07) is 2.69. The molecule has 0 amide bonds. The molecule has 0 aliphatic heterocycles. The van der Waals surface area contributed by atoms with Crippen molar-refractivity contribution in [1.82, 2.24) is 0 Å². The van der Waals surface area contributed by atoms with Crippen molar-refractivity contribution in [3.63, 3.8) is 0 Å². The van der Waals surface area contributed by atoms with Crippen LogP contribution < -0.4 is 5.73 Å². The van der Waals surface area contributed by atoms with Gasteiger partial charge in [-0.3, -0.25) is 30.3 Å². The van der Waals surface area contributed by atoms with Gasteiger partial charge in [0.1, 0.15) is 0 Å². The molecule has 1 rings (SSSR count). The molecule has 0 saturated heterocycles. The summed E-state index contributed by atoms with van der Waals surface area (Å²) in [6.45, 7) is 0. The van der Waals surface area contributed by atoms with E-state index in [2.05, 4.69) is 5.73 Å². The molecule has 0 aliphatic carbocycles. The third-order valence-electron chi connectivity index (χ3n) is 1.57. The lowest BCUT2D eigenvalue weighted by atomic mass is 10.2. The molecule has 0 bridgehead atoms. The van der Waals surface area contributed by atoms with Crippen LogP contribution in [0.3, 0.4) is 0 Å². The van der Waals surface area contributed by atoms with Gasteiger partial charge in [-0.1, -0.05) is 0 Å². The fourth-order valence-corrected chi connectivity index (χ4v) is 1.00. The van der Waals surface area contributed by atoms with E-state index >= 15 is 0 Å². The first kappa shape index (κ1) is 14.4. The number of nitro groups is 3. The molecule has 0 aliphatic rings. The highest BCUT2D eigenvalue weighted by Crippen LogP contribution is 2.35. The lowest BCUT2D eigenvalue weighted by Gasteiger charge is -1.95. The van der Waals surface area contributed by atoms with Crippen molar-refractivity contribution in [2.45, 2.75) is 0 Å². The molecule has 92 valence electrons. The monoisotopic (exact) mass is 244 g/mol. The van der Waals surface area contributed by atoms with Gasteiger partial charge in [0.2, 0.25) is 0 Å². The lowest BCUT2D eigenvalue weighted by molar-refractivity contribution is -0.441. The van der Waals surface area contributed by atoms with Gasteiger partial charge < -0.3 is 5.73 Å². The van der Waals surface area contributed by atoms with Crippen molar-refractivity contribution in [2.75, 3.05) is 7.05 Å². The van der Waals surface area contributed by atoms with Crippen LogP contribution in [0, 0.1) is 30.3 Å². The number of hydrogen-bond acceptors (Lipinski definition) is 7. The molecular formula is C7H8N4O6. The molecular weight excluding hydrogens is 236 g/mol. The molecule has 0 radical (unpaired) electrons. The molecule has 1 aromatic carbocycles. The van der Waals surface area contributed by atoms with Crippen molar-refractivity contribution in [3.8, 4) is 0 Å². The van der Waals surface area contributed by atoms with Gasteiger partial charge in [-0.15, -0.1) is 0 Å². The first-order valence-electron chi connectivity index (χ1n) is 4.09. The van der Waals surface area contributed by atoms with Gasteiger partial charge in [0.25, 0.3) is 0 Å². The highest BCUT2D eigenvalue weighted by atomic mass is 16.6. The first-order chi connectivity index (χ1) is 7.95. The standard InChI is InChI=1S/C6H3N3O6.CH5N/c10-7(11)4-2-1-3-5(8(12)13)6(4)9(14)15;1-2/h1-3H;2H2,1H3. The topological polar surface area (TPSA) is 155 Å². The summed E-state index contributed by atoms with van der Waals surface area (Å²) < 4.78 is 0. The van der Waals surface area contributed by atoms with Crippen molar-refractivity contribution >= 4 is 17.1 Å². The van der Waals surface area contributed by atoms with E-state index in [0.29, 0.717) is 0 Å². The fourth-order valence-electron chi connectivity index (χ4n) is 1.00. The van der Waals surface area contributed by atoms with E-state index in [9.17, 15) is 30.3 Å². The maximum atomic E-state index is 10.4. The average Bonchev–Trinajstić information content (AvgIpc) is 2.30. The van der Waals surface area contributed by atoms with E-state index in [1.54, 1.807) is 0 Å². The van der Waals surface area contributed by atoms with Crippen LogP contribution in [0.5, 0.6) is 0 Å². The molecule has 2 N–H and O–H groups in total. The van der Waals surface area contributed by atoms with E-state index in [0.717, 1.165) is 18.2 Å². The SMILES string of the molecule is CN.O=[N+]([O-])c1cccc([N+](=O)[O-])c1[N+](=O)[O-]. The Balaban J connectivity index is 0.00000121. The minimum absolute atomic E-state index is 0.838. The van der Waals surface area contributed by atoms with E-state index < -0.39 is 31.8 Å². The Kier molecular flexibility index (Phi) is 5.13. The van der Waals surface area contributed by atoms with Crippen molar-refractivity contribution in [1.29, 1.82) is 0 Å². The van der Waals surface area contributed by atoms with E-state index in [1.807, 2.05) is 0 Å². The Labute approximate surface area is 94.1 Å². The highest BCUT2D eigenvalue weighted by Gasteiger charge is 2.34. The Morgan fingerprint density at radius 2 is 1.24 bits per heavy atom. The van der Waals surface area contributed by atoms with E-state index in [-0.39, 0.29) is 0 Å². The number of nitrogens with zero attached hydrogens (tertiary/aromatic N) is 3. The summed E-state index contributed by atoms with van der Waals surface area (Å²) in [7, 11) is 1.50. The van der Waals surface area contributed by atoms with Gasteiger partial charge in [0, 0.05) is 12.1 Å². The summed E-state index contributed by atoms with van der Waals surface area (Å²) >= 11 is 0. The quantitative estimate of drug-likeness (QED) is 0.613. The molecule has 10 nitrogen and oxygen atoms in total. The Hall–Kier alpha value is -2.62. The van der Waals surface area contributed by atoms with Crippen LogP contribution in [0.2, 0.25) is 0 Å². The molecule has 17 heavy (non-hydrogen) atoms. The molecule has 0 heterocycles. The maximum Gasteiger partial charge on any atom is 0.422 e. The van der Waals surface area contributed by atoms with Crippen LogP contribution in [0.15, 0.2) is 18.2 Å². The second-order valence-corrected chi connectivity index (χ2v) is 2.42. The predicted molar refractivity (Wildman–Crippen MR) is 56.5 cm³/mol. The summed E-state index contributed by atoms with van der Waals surface area (Å²) in [5.74, 6) is 0. The maximum absolute atomic E-state index is 10.4. The van der Waals surface area contributed by atoms with E-state index in [1.165, 1.54) is 7.05 Å². The molecule has 0 fully saturated rings. The molecule has 0 saturated carbocycles. The minimum Gasteiger partial charge on any atom is -0.333 e. The first-order valence-corrected chi connectivity index (χ1v) is 4.09. The Bertz CT molecular complexity index is 427. The van der Waals surface area contributed by atoms with Crippen LogP contribution in [-0.4, -0.2) is 21.8 Å². The zero-order chi connectivity index (χ0) is 13.6. The second-order valence-electron chi connectivity index (χ2n) is 2.42. The third kappa shape index (κ3) is 3.17. The number of para-hydroxylation sites is 1. The van der Waals surface area contributed by atoms with Crippen molar-refractivity contribution in [3.05, 3.63) is 48.5 Å². The van der Waals surface area contributed by atoms with Crippen molar-refractivity contribution < 1.29 is 14.8 Å². The smallest absolute Gasteiger partial charge is 0.333 e. The number of benzene rings is 1. The van der Waals surface area contributed by atoms with E-state index in [4.69, 9.17) is 0 Å². The summed E-state index contributed by atoms with van der Waals surface area (Å²) in [5, 5.41) is 31.2. The average molecular weight is 244 g/mol. The van der Waals surface area contributed by atoms with Crippen molar-refractivity contribution in [2.24, 2.45) is 5.73 Å². The lowest BCUT2D eigenvalue weighted by Crippen LogP contribution is -2.00. The number of hydrogen-bond donors (Lipinski definition) is 1. The molecule has 1 aromatic rings. The fraction of sp³-hybridized carbons (Fsp3) is 0.143. The zero-order valence-corrected chi connectivity index (χ0v) is 8.60. The number of nitrogens with two attached hydrogens (primary N) is 1. The zero-order valence-electron chi connectivity index (χ0n) is 8.60.